The molecule has 3 fully saturated rings. The zero-order valence-electron chi connectivity index (χ0n) is 22.9. The monoisotopic (exact) mass is 543 g/mol. The van der Waals surface area contributed by atoms with Gasteiger partial charge < -0.3 is 24.5 Å². The standard InChI is InChI=1S/C27H37N5O7/c1-27(2,3)21-16-30(13-14-32(21)26(37)38)23(34)17-7-10-29(11-8-17)24(35)18-5-6-20(39-4)19(15-18)31-12-9-22(33)28-25(31)36/h5-6,15,17,21H,7-14,16H2,1-4H3,(H,37,38)(H,28,33,36). The summed E-state index contributed by atoms with van der Waals surface area (Å²) < 4.78 is 5.39. The van der Waals surface area contributed by atoms with Gasteiger partial charge in [0.25, 0.3) is 5.91 Å². The van der Waals surface area contributed by atoms with Gasteiger partial charge in [0.2, 0.25) is 11.8 Å². The number of hydrogen-bond donors (Lipinski definition) is 2. The summed E-state index contributed by atoms with van der Waals surface area (Å²) in [5.74, 6) is -0.360. The Morgan fingerprint density at radius 2 is 1.69 bits per heavy atom. The number of piperidine rings is 1. The maximum Gasteiger partial charge on any atom is 0.407 e. The lowest BCUT2D eigenvalue weighted by Crippen LogP contribution is -2.61. The van der Waals surface area contributed by atoms with Gasteiger partial charge in [-0.25, -0.2) is 9.59 Å². The molecule has 3 saturated heterocycles. The van der Waals surface area contributed by atoms with Gasteiger partial charge in [-0.3, -0.25) is 24.6 Å². The number of carboxylic acid groups (broad SMARTS) is 1. The summed E-state index contributed by atoms with van der Waals surface area (Å²) in [6.45, 7) is 7.94. The van der Waals surface area contributed by atoms with E-state index >= 15 is 0 Å². The number of methoxy groups -OCH3 is 1. The van der Waals surface area contributed by atoms with E-state index in [0.29, 0.717) is 56.0 Å². The van der Waals surface area contributed by atoms with Crippen molar-refractivity contribution < 1.29 is 33.8 Å². The summed E-state index contributed by atoms with van der Waals surface area (Å²) >= 11 is 0. The van der Waals surface area contributed by atoms with Crippen LogP contribution in [0, 0.1) is 11.3 Å². The van der Waals surface area contributed by atoms with Gasteiger partial charge in [-0.2, -0.15) is 0 Å². The van der Waals surface area contributed by atoms with E-state index in [9.17, 15) is 29.1 Å². The third kappa shape index (κ3) is 5.94. The highest BCUT2D eigenvalue weighted by molar-refractivity contribution is 6.07. The van der Waals surface area contributed by atoms with E-state index in [4.69, 9.17) is 4.74 Å². The molecule has 2 N–H and O–H groups in total. The summed E-state index contributed by atoms with van der Waals surface area (Å²) in [6, 6.07) is 4.02. The first kappa shape index (κ1) is 28.2. The van der Waals surface area contributed by atoms with E-state index in [1.807, 2.05) is 20.8 Å². The summed E-state index contributed by atoms with van der Waals surface area (Å²) in [7, 11) is 1.47. The van der Waals surface area contributed by atoms with Crippen molar-refractivity contribution in [2.45, 2.75) is 46.1 Å². The molecule has 0 saturated carbocycles. The Labute approximate surface area is 227 Å². The van der Waals surface area contributed by atoms with Gasteiger partial charge in [-0.05, 0) is 36.5 Å². The first-order valence-electron chi connectivity index (χ1n) is 13.3. The van der Waals surface area contributed by atoms with Gasteiger partial charge >= 0.3 is 12.1 Å². The number of ether oxygens (including phenoxy) is 1. The van der Waals surface area contributed by atoms with Gasteiger partial charge in [-0.1, -0.05) is 20.8 Å². The lowest BCUT2D eigenvalue weighted by molar-refractivity contribution is -0.140. The number of imide groups is 1. The van der Waals surface area contributed by atoms with Crippen molar-refractivity contribution in [3.8, 4) is 5.75 Å². The molecular formula is C27H37N5O7. The molecule has 0 radical (unpaired) electrons. The van der Waals surface area contributed by atoms with Crippen molar-refractivity contribution in [3.05, 3.63) is 23.8 Å². The van der Waals surface area contributed by atoms with Crippen LogP contribution >= 0.6 is 0 Å². The van der Waals surface area contributed by atoms with E-state index in [1.165, 1.54) is 16.9 Å². The topological polar surface area (TPSA) is 140 Å². The maximum atomic E-state index is 13.4. The predicted molar refractivity (Wildman–Crippen MR) is 142 cm³/mol. The quantitative estimate of drug-likeness (QED) is 0.594. The van der Waals surface area contributed by atoms with Gasteiger partial charge in [0.15, 0.2) is 0 Å². The molecule has 0 bridgehead atoms. The Bertz CT molecular complexity index is 1160. The SMILES string of the molecule is COc1ccc(C(=O)N2CCC(C(=O)N3CCN(C(=O)O)C(C(C)(C)C)C3)CC2)cc1N1CCC(=O)NC1=O. The Kier molecular flexibility index (Phi) is 8.03. The maximum absolute atomic E-state index is 13.4. The number of hydrogen-bond acceptors (Lipinski definition) is 6. The molecular weight excluding hydrogens is 506 g/mol. The third-order valence-electron chi connectivity index (χ3n) is 7.84. The van der Waals surface area contributed by atoms with E-state index in [-0.39, 0.29) is 54.6 Å². The first-order valence-corrected chi connectivity index (χ1v) is 13.3. The molecule has 12 nitrogen and oxygen atoms in total. The van der Waals surface area contributed by atoms with Gasteiger partial charge in [-0.15, -0.1) is 0 Å². The highest BCUT2D eigenvalue weighted by atomic mass is 16.5. The van der Waals surface area contributed by atoms with Crippen LogP contribution in [0.2, 0.25) is 0 Å². The first-order chi connectivity index (χ1) is 18.4. The molecule has 212 valence electrons. The second kappa shape index (κ2) is 11.1. The summed E-state index contributed by atoms with van der Waals surface area (Å²) in [5.41, 5.74) is 0.486. The van der Waals surface area contributed by atoms with Crippen molar-refractivity contribution in [3.63, 3.8) is 0 Å². The number of nitrogens with zero attached hydrogens (tertiary/aromatic N) is 4. The molecule has 1 unspecified atom stereocenters. The minimum absolute atomic E-state index is 0.0128. The minimum Gasteiger partial charge on any atom is -0.495 e. The number of carbonyl (C=O) groups is 5. The van der Waals surface area contributed by atoms with Gasteiger partial charge in [0.05, 0.1) is 18.8 Å². The molecule has 0 aliphatic carbocycles. The van der Waals surface area contributed by atoms with E-state index in [2.05, 4.69) is 5.32 Å². The average Bonchev–Trinajstić information content (AvgIpc) is 2.91. The number of anilines is 1. The van der Waals surface area contributed by atoms with Crippen LogP contribution in [-0.4, -0.2) is 102 Å². The van der Waals surface area contributed by atoms with Crippen LogP contribution in [0.4, 0.5) is 15.3 Å². The van der Waals surface area contributed by atoms with Crippen LogP contribution in [0.5, 0.6) is 5.75 Å². The molecule has 1 aromatic rings. The molecule has 0 aromatic heterocycles. The lowest BCUT2D eigenvalue weighted by atomic mass is 9.83. The van der Waals surface area contributed by atoms with Crippen LogP contribution in [0.1, 0.15) is 50.4 Å². The van der Waals surface area contributed by atoms with Crippen molar-refractivity contribution in [2.24, 2.45) is 11.3 Å². The summed E-state index contributed by atoms with van der Waals surface area (Å²) in [6.07, 6.45) is 0.216. The molecule has 1 aromatic carbocycles. The lowest BCUT2D eigenvalue weighted by Gasteiger charge is -2.47. The molecule has 6 amide bonds. The molecule has 4 rings (SSSR count). The molecule has 3 aliphatic heterocycles. The Balaban J connectivity index is 1.40. The highest BCUT2D eigenvalue weighted by Crippen LogP contribution is 2.33. The summed E-state index contributed by atoms with van der Waals surface area (Å²) in [5, 5.41) is 11.9. The third-order valence-corrected chi connectivity index (χ3v) is 7.84. The predicted octanol–water partition coefficient (Wildman–Crippen LogP) is 2.23. The number of likely N-dealkylation sites (tertiary alicyclic amines) is 1. The van der Waals surface area contributed by atoms with Crippen LogP contribution in [0.15, 0.2) is 18.2 Å². The second-order valence-electron chi connectivity index (χ2n) is 11.4. The number of carbonyl (C=O) groups excluding carboxylic acids is 4. The number of nitrogens with one attached hydrogen (secondary N) is 1. The smallest absolute Gasteiger partial charge is 0.407 e. The largest absolute Gasteiger partial charge is 0.495 e. The van der Waals surface area contributed by atoms with Crippen LogP contribution in [0.3, 0.4) is 0 Å². The zero-order valence-corrected chi connectivity index (χ0v) is 22.9. The fourth-order valence-corrected chi connectivity index (χ4v) is 5.55. The number of piperazine rings is 1. The summed E-state index contributed by atoms with van der Waals surface area (Å²) in [4.78, 5) is 68.7. The van der Waals surface area contributed by atoms with Crippen molar-refractivity contribution >= 4 is 35.5 Å². The number of amides is 6. The van der Waals surface area contributed by atoms with Crippen molar-refractivity contribution in [1.29, 1.82) is 0 Å². The van der Waals surface area contributed by atoms with E-state index in [1.54, 1.807) is 28.0 Å². The highest BCUT2D eigenvalue weighted by Gasteiger charge is 2.41. The molecule has 39 heavy (non-hydrogen) atoms. The van der Waals surface area contributed by atoms with E-state index < -0.39 is 12.1 Å². The van der Waals surface area contributed by atoms with E-state index in [0.717, 1.165) is 0 Å². The molecule has 0 spiro atoms. The molecule has 12 heteroatoms. The number of rotatable bonds is 4. The molecule has 1 atom stereocenters. The van der Waals surface area contributed by atoms with Gasteiger partial charge in [0, 0.05) is 57.2 Å². The average molecular weight is 544 g/mol. The minimum atomic E-state index is -0.968. The van der Waals surface area contributed by atoms with Gasteiger partial charge in [0.1, 0.15) is 5.75 Å². The zero-order chi connectivity index (χ0) is 28.5. The normalized spacial score (nSPS) is 21.1. The van der Waals surface area contributed by atoms with Crippen LogP contribution < -0.4 is 15.0 Å². The van der Waals surface area contributed by atoms with Crippen LogP contribution in [0.25, 0.3) is 0 Å². The molecule has 3 aliphatic rings. The number of benzene rings is 1. The number of urea groups is 1. The molecule has 3 heterocycles. The Hall–Kier alpha value is -3.83. The Morgan fingerprint density at radius 1 is 1.00 bits per heavy atom. The van der Waals surface area contributed by atoms with Crippen molar-refractivity contribution in [2.75, 3.05) is 51.3 Å². The Morgan fingerprint density at radius 3 is 2.28 bits per heavy atom. The van der Waals surface area contributed by atoms with Crippen molar-refractivity contribution in [1.82, 2.24) is 20.0 Å². The fraction of sp³-hybridized carbons (Fsp3) is 0.593. The van der Waals surface area contributed by atoms with Crippen LogP contribution in [-0.2, 0) is 9.59 Å². The fourth-order valence-electron chi connectivity index (χ4n) is 5.55. The second-order valence-corrected chi connectivity index (χ2v) is 11.4.